The molecule has 0 fully saturated rings. The fraction of sp³-hybridized carbons (Fsp3) is 0.474. The minimum Gasteiger partial charge on any atom is -0.446 e. The third-order valence-electron chi connectivity index (χ3n) is 3.14. The number of imide groups is 1. The van der Waals surface area contributed by atoms with Gasteiger partial charge in [0, 0.05) is 13.0 Å². The number of nitrogens with zero attached hydrogens (tertiary/aromatic N) is 1. The molecule has 1 rings (SSSR count). The molecule has 0 bridgehead atoms. The van der Waals surface area contributed by atoms with Crippen LogP contribution in [0.4, 0.5) is 14.4 Å². The Labute approximate surface area is 169 Å². The summed E-state index contributed by atoms with van der Waals surface area (Å²) in [7, 11) is 0. The predicted octanol–water partition coefficient (Wildman–Crippen LogP) is 2.73. The molecule has 0 spiro atoms. The van der Waals surface area contributed by atoms with Crippen molar-refractivity contribution in [3.8, 4) is 0 Å². The molecular formula is C19H27N3O7. The molecule has 2 N–H and O–H groups in total. The molecule has 160 valence electrons. The third kappa shape index (κ3) is 9.99. The zero-order chi connectivity index (χ0) is 21.8. The molecule has 1 aromatic rings. The van der Waals surface area contributed by atoms with Gasteiger partial charge in [-0.3, -0.25) is 4.79 Å². The lowest BCUT2D eigenvalue weighted by Crippen LogP contribution is -2.51. The molecule has 0 aromatic heterocycles. The van der Waals surface area contributed by atoms with Crippen LogP contribution in [0.15, 0.2) is 30.3 Å². The third-order valence-corrected chi connectivity index (χ3v) is 3.14. The van der Waals surface area contributed by atoms with Crippen molar-refractivity contribution in [2.24, 2.45) is 0 Å². The average molecular weight is 409 g/mol. The number of hydrogen-bond donors (Lipinski definition) is 2. The zero-order valence-electron chi connectivity index (χ0n) is 17.0. The fourth-order valence-corrected chi connectivity index (χ4v) is 1.95. The minimum atomic E-state index is -1.06. The van der Waals surface area contributed by atoms with Crippen LogP contribution in [0, 0.1) is 0 Å². The van der Waals surface area contributed by atoms with E-state index in [4.69, 9.17) is 14.2 Å². The van der Waals surface area contributed by atoms with Gasteiger partial charge in [0.1, 0.15) is 6.61 Å². The van der Waals surface area contributed by atoms with Crippen molar-refractivity contribution in [2.45, 2.75) is 52.9 Å². The number of hydrazine groups is 1. The maximum atomic E-state index is 12.3. The van der Waals surface area contributed by atoms with Crippen LogP contribution in [-0.2, 0) is 25.6 Å². The van der Waals surface area contributed by atoms with Crippen molar-refractivity contribution in [3.05, 3.63) is 35.9 Å². The molecule has 10 nitrogen and oxygen atoms in total. The molecule has 0 aliphatic rings. The first-order valence-electron chi connectivity index (χ1n) is 9.14. The highest BCUT2D eigenvalue weighted by Gasteiger charge is 2.27. The van der Waals surface area contributed by atoms with Gasteiger partial charge in [0.05, 0.1) is 12.2 Å². The van der Waals surface area contributed by atoms with Crippen LogP contribution >= 0.6 is 0 Å². The van der Waals surface area contributed by atoms with Gasteiger partial charge in [-0.25, -0.2) is 19.8 Å². The van der Waals surface area contributed by atoms with Crippen LogP contribution in [-0.4, -0.2) is 47.9 Å². The van der Waals surface area contributed by atoms with Crippen molar-refractivity contribution in [3.63, 3.8) is 0 Å². The topological polar surface area (TPSA) is 123 Å². The molecule has 1 aromatic carbocycles. The van der Waals surface area contributed by atoms with E-state index in [1.165, 1.54) is 0 Å². The maximum absolute atomic E-state index is 12.3. The van der Waals surface area contributed by atoms with Gasteiger partial charge in [0.2, 0.25) is 0 Å². The van der Waals surface area contributed by atoms with Crippen molar-refractivity contribution in [1.82, 2.24) is 15.8 Å². The van der Waals surface area contributed by atoms with Crippen LogP contribution in [0.1, 0.15) is 39.7 Å². The van der Waals surface area contributed by atoms with E-state index < -0.39 is 36.4 Å². The van der Waals surface area contributed by atoms with Crippen LogP contribution in [0.5, 0.6) is 0 Å². The predicted molar refractivity (Wildman–Crippen MR) is 102 cm³/mol. The van der Waals surface area contributed by atoms with Gasteiger partial charge >= 0.3 is 18.3 Å². The van der Waals surface area contributed by atoms with E-state index in [1.54, 1.807) is 39.8 Å². The lowest BCUT2D eigenvalue weighted by molar-refractivity contribution is -0.132. The summed E-state index contributed by atoms with van der Waals surface area (Å²) in [6, 6.07) is 9.08. The Kier molecular flexibility index (Phi) is 10.00. The normalized spacial score (nSPS) is 10.3. The van der Waals surface area contributed by atoms with Gasteiger partial charge in [-0.05, 0) is 33.3 Å². The van der Waals surface area contributed by atoms with E-state index in [0.717, 1.165) is 5.56 Å². The first kappa shape index (κ1) is 23.7. The molecule has 10 heteroatoms. The second-order valence-corrected chi connectivity index (χ2v) is 6.47. The minimum absolute atomic E-state index is 0.0794. The highest BCUT2D eigenvalue weighted by molar-refractivity contribution is 5.93. The summed E-state index contributed by atoms with van der Waals surface area (Å²) in [5, 5.41) is 2.82. The highest BCUT2D eigenvalue weighted by atomic mass is 16.6. The number of ether oxygens (including phenoxy) is 3. The molecule has 0 saturated carbocycles. The summed E-state index contributed by atoms with van der Waals surface area (Å²) < 4.78 is 14.8. The second-order valence-electron chi connectivity index (χ2n) is 6.47. The number of carbonyl (C=O) groups excluding carboxylic acids is 4. The fourth-order valence-electron chi connectivity index (χ4n) is 1.95. The number of nitrogens with one attached hydrogen (secondary N) is 2. The summed E-state index contributed by atoms with van der Waals surface area (Å²) in [5.41, 5.74) is 2.86. The summed E-state index contributed by atoms with van der Waals surface area (Å²) >= 11 is 0. The summed E-state index contributed by atoms with van der Waals surface area (Å²) in [6.45, 7) is 6.38. The van der Waals surface area contributed by atoms with E-state index in [2.05, 4.69) is 5.32 Å². The van der Waals surface area contributed by atoms with E-state index in [9.17, 15) is 19.2 Å². The molecule has 0 radical (unpaired) electrons. The Hall–Kier alpha value is -3.30. The Morgan fingerprint density at radius 2 is 1.55 bits per heavy atom. The van der Waals surface area contributed by atoms with Crippen molar-refractivity contribution in [2.75, 3.05) is 6.54 Å². The maximum Gasteiger partial charge on any atom is 0.436 e. The smallest absolute Gasteiger partial charge is 0.436 e. The van der Waals surface area contributed by atoms with Crippen LogP contribution in [0.25, 0.3) is 0 Å². The monoisotopic (exact) mass is 409 g/mol. The quantitative estimate of drug-likeness (QED) is 0.524. The number of rotatable bonds is 7. The average Bonchev–Trinajstić information content (AvgIpc) is 2.64. The Bertz CT molecular complexity index is 692. The van der Waals surface area contributed by atoms with Crippen LogP contribution in [0.3, 0.4) is 0 Å². The van der Waals surface area contributed by atoms with Crippen LogP contribution < -0.4 is 10.7 Å². The molecular weight excluding hydrogens is 382 g/mol. The Morgan fingerprint density at radius 1 is 0.931 bits per heavy atom. The molecule has 4 amide bonds. The van der Waals surface area contributed by atoms with Gasteiger partial charge in [0.15, 0.2) is 0 Å². The summed E-state index contributed by atoms with van der Waals surface area (Å²) in [4.78, 5) is 47.8. The van der Waals surface area contributed by atoms with Gasteiger partial charge in [-0.1, -0.05) is 30.3 Å². The van der Waals surface area contributed by atoms with Gasteiger partial charge in [-0.15, -0.1) is 5.01 Å². The molecule has 0 aliphatic heterocycles. The van der Waals surface area contributed by atoms with Gasteiger partial charge < -0.3 is 19.5 Å². The van der Waals surface area contributed by atoms with E-state index >= 15 is 0 Å². The highest BCUT2D eigenvalue weighted by Crippen LogP contribution is 2.02. The first-order chi connectivity index (χ1) is 13.7. The zero-order valence-corrected chi connectivity index (χ0v) is 17.0. The number of benzene rings is 1. The Balaban J connectivity index is 2.51. The van der Waals surface area contributed by atoms with E-state index in [-0.39, 0.29) is 19.6 Å². The number of hydrogen-bond acceptors (Lipinski definition) is 7. The molecule has 0 saturated heterocycles. The van der Waals surface area contributed by atoms with Gasteiger partial charge in [0.25, 0.3) is 5.91 Å². The molecule has 0 heterocycles. The van der Waals surface area contributed by atoms with E-state index in [1.807, 2.05) is 23.6 Å². The number of alkyl carbamates (subject to hydrolysis) is 1. The largest absolute Gasteiger partial charge is 0.446 e. The summed E-state index contributed by atoms with van der Waals surface area (Å²) in [5.74, 6) is -0.792. The van der Waals surface area contributed by atoms with Crippen LogP contribution in [0.2, 0.25) is 0 Å². The molecule has 0 atom stereocenters. The first-order valence-corrected chi connectivity index (χ1v) is 9.14. The molecule has 0 aliphatic carbocycles. The molecule has 0 unspecified atom stereocenters. The van der Waals surface area contributed by atoms with Crippen molar-refractivity contribution < 1.29 is 33.4 Å². The van der Waals surface area contributed by atoms with E-state index in [0.29, 0.717) is 5.01 Å². The SMILES string of the molecule is CC(C)OC(=O)NN(C(=O)CCNC(=O)OCc1ccccc1)C(=O)OC(C)C. The van der Waals surface area contributed by atoms with Gasteiger partial charge in [-0.2, -0.15) is 0 Å². The number of carbonyl (C=O) groups is 4. The van der Waals surface area contributed by atoms with Crippen molar-refractivity contribution in [1.29, 1.82) is 0 Å². The molecule has 29 heavy (non-hydrogen) atoms. The second kappa shape index (κ2) is 12.2. The Morgan fingerprint density at radius 3 is 2.14 bits per heavy atom. The van der Waals surface area contributed by atoms with Crippen molar-refractivity contribution >= 4 is 24.2 Å². The lowest BCUT2D eigenvalue weighted by Gasteiger charge is -2.22. The lowest BCUT2D eigenvalue weighted by atomic mass is 10.2. The number of amides is 4. The standard InChI is InChI=1S/C19H27N3O7/c1-13(2)28-18(25)21-22(19(26)29-14(3)4)16(23)10-11-20-17(24)27-12-15-8-6-5-7-9-15/h5-9,13-14H,10-12H2,1-4H3,(H,20,24)(H,21,25). The summed E-state index contributed by atoms with van der Waals surface area (Å²) in [6.07, 6.45) is -4.00.